The molecule has 7 atom stereocenters. The van der Waals surface area contributed by atoms with Crippen molar-refractivity contribution in [3.63, 3.8) is 0 Å². The Morgan fingerprint density at radius 3 is 2.58 bits per heavy atom. The maximum atomic E-state index is 12.2. The van der Waals surface area contributed by atoms with Gasteiger partial charge in [-0.05, 0) is 68.1 Å². The van der Waals surface area contributed by atoms with Crippen LogP contribution >= 0.6 is 0 Å². The number of aliphatic hydroxyl groups is 2. The molecule has 0 heterocycles. The Bertz CT molecular complexity index is 633. The van der Waals surface area contributed by atoms with Crippen LogP contribution < -0.4 is 0 Å². The molecule has 24 heavy (non-hydrogen) atoms. The van der Waals surface area contributed by atoms with Crippen molar-refractivity contribution >= 4 is 5.78 Å². The summed E-state index contributed by atoms with van der Waals surface area (Å²) in [4.78, 5) is 12.2. The van der Waals surface area contributed by atoms with Gasteiger partial charge in [-0.2, -0.15) is 0 Å². The molecule has 3 fully saturated rings. The van der Waals surface area contributed by atoms with E-state index < -0.39 is 6.10 Å². The predicted molar refractivity (Wildman–Crippen MR) is 93.2 cm³/mol. The van der Waals surface area contributed by atoms with Gasteiger partial charge in [0, 0.05) is 5.92 Å². The van der Waals surface area contributed by atoms with Gasteiger partial charge < -0.3 is 10.2 Å². The maximum absolute atomic E-state index is 12.2. The van der Waals surface area contributed by atoms with Gasteiger partial charge in [-0.25, -0.2) is 0 Å². The second-order valence-electron chi connectivity index (χ2n) is 9.21. The van der Waals surface area contributed by atoms with Crippen molar-refractivity contribution in [3.05, 3.63) is 23.3 Å². The highest BCUT2D eigenvalue weighted by Crippen LogP contribution is 2.64. The fourth-order valence-corrected chi connectivity index (χ4v) is 6.74. The molecule has 0 bridgehead atoms. The third kappa shape index (κ3) is 2.07. The Labute approximate surface area is 144 Å². The molecule has 3 saturated carbocycles. The molecule has 2 unspecified atom stereocenters. The first-order chi connectivity index (χ1) is 11.3. The number of aliphatic hydroxyl groups excluding tert-OH is 2. The highest BCUT2D eigenvalue weighted by Gasteiger charge is 2.59. The second-order valence-corrected chi connectivity index (χ2v) is 9.21. The van der Waals surface area contributed by atoms with Crippen LogP contribution in [0.2, 0.25) is 0 Å². The van der Waals surface area contributed by atoms with E-state index in [-0.39, 0.29) is 28.6 Å². The molecular weight excluding hydrogens is 300 g/mol. The smallest absolute Gasteiger partial charge is 0.136 e. The van der Waals surface area contributed by atoms with Crippen LogP contribution in [0.3, 0.4) is 0 Å². The predicted octanol–water partition coefficient (Wildman–Crippen LogP) is 3.41. The van der Waals surface area contributed by atoms with E-state index in [0.717, 1.165) is 38.5 Å². The van der Waals surface area contributed by atoms with Crippen LogP contribution in [0.4, 0.5) is 0 Å². The van der Waals surface area contributed by atoms with Crippen LogP contribution in [0.5, 0.6) is 0 Å². The standard InChI is InChI=1S/C21H30O3/c1-12(22)19-18(24)11-17-15-5-4-13-10-14(23)6-8-20(13,2)16(15)7-9-21(17,19)3/h4-5,14,16-19,23-24H,6-11H2,1-3H3/t14?,16-,17-,18?,19-,20-,21-/m0/s1. The number of rotatable bonds is 1. The molecule has 0 radical (unpaired) electrons. The van der Waals surface area contributed by atoms with Gasteiger partial charge in [0.25, 0.3) is 0 Å². The monoisotopic (exact) mass is 330 g/mol. The zero-order valence-electron chi connectivity index (χ0n) is 15.1. The summed E-state index contributed by atoms with van der Waals surface area (Å²) in [6, 6.07) is 0. The highest BCUT2D eigenvalue weighted by molar-refractivity contribution is 5.80. The van der Waals surface area contributed by atoms with Crippen LogP contribution in [-0.4, -0.2) is 28.2 Å². The van der Waals surface area contributed by atoms with E-state index in [1.807, 2.05) is 0 Å². The van der Waals surface area contributed by atoms with Crippen molar-refractivity contribution in [1.82, 2.24) is 0 Å². The molecule has 0 aliphatic heterocycles. The summed E-state index contributed by atoms with van der Waals surface area (Å²) in [6.07, 6.45) is 9.41. The minimum absolute atomic E-state index is 0.0938. The Morgan fingerprint density at radius 2 is 1.88 bits per heavy atom. The molecule has 4 rings (SSSR count). The molecule has 132 valence electrons. The summed E-state index contributed by atoms with van der Waals surface area (Å²) in [7, 11) is 0. The third-order valence-corrected chi connectivity index (χ3v) is 8.01. The molecule has 4 aliphatic carbocycles. The molecule has 0 aromatic carbocycles. The second kappa shape index (κ2) is 5.28. The first-order valence-corrected chi connectivity index (χ1v) is 9.55. The van der Waals surface area contributed by atoms with Crippen LogP contribution in [0.1, 0.15) is 59.3 Å². The fourth-order valence-electron chi connectivity index (χ4n) is 6.74. The molecule has 0 spiro atoms. The lowest BCUT2D eigenvalue weighted by atomic mass is 9.50. The van der Waals surface area contributed by atoms with Gasteiger partial charge in [0.2, 0.25) is 0 Å². The SMILES string of the molecule is CC(=O)[C@H]1C(O)C[C@H]2C3=CC=C4CC(O)CC[C@]4(C)[C@H]3CC[C@@]21C. The van der Waals surface area contributed by atoms with Gasteiger partial charge in [-0.15, -0.1) is 0 Å². The summed E-state index contributed by atoms with van der Waals surface area (Å²) in [5.74, 6) is 0.768. The average Bonchev–Trinajstić information content (AvgIpc) is 2.78. The molecule has 3 nitrogen and oxygen atoms in total. The number of Topliss-reactive ketones (excluding diaryl/α,β-unsaturated/α-hetero) is 1. The molecule has 0 aromatic heterocycles. The fraction of sp³-hybridized carbons (Fsp3) is 0.762. The molecule has 0 amide bonds. The van der Waals surface area contributed by atoms with Gasteiger partial charge >= 0.3 is 0 Å². The molecule has 0 saturated heterocycles. The number of carbonyl (C=O) groups is 1. The topological polar surface area (TPSA) is 57.5 Å². The van der Waals surface area contributed by atoms with Crippen molar-refractivity contribution in [2.75, 3.05) is 0 Å². The quantitative estimate of drug-likeness (QED) is 0.775. The van der Waals surface area contributed by atoms with Crippen LogP contribution in [-0.2, 0) is 4.79 Å². The normalized spacial score (nSPS) is 50.3. The van der Waals surface area contributed by atoms with Gasteiger partial charge in [-0.3, -0.25) is 4.79 Å². The first-order valence-electron chi connectivity index (χ1n) is 9.55. The Hall–Kier alpha value is -0.930. The van der Waals surface area contributed by atoms with Crippen molar-refractivity contribution in [2.45, 2.75) is 71.5 Å². The molecule has 3 heteroatoms. The van der Waals surface area contributed by atoms with Gasteiger partial charge in [0.05, 0.1) is 12.2 Å². The maximum Gasteiger partial charge on any atom is 0.136 e. The third-order valence-electron chi connectivity index (χ3n) is 8.01. The van der Waals surface area contributed by atoms with Crippen molar-refractivity contribution in [1.29, 1.82) is 0 Å². The number of ketones is 1. The van der Waals surface area contributed by atoms with Gasteiger partial charge in [0.15, 0.2) is 0 Å². The van der Waals surface area contributed by atoms with E-state index >= 15 is 0 Å². The van der Waals surface area contributed by atoms with Gasteiger partial charge in [-0.1, -0.05) is 37.1 Å². The summed E-state index contributed by atoms with van der Waals surface area (Å²) >= 11 is 0. The molecule has 0 aromatic rings. The van der Waals surface area contributed by atoms with E-state index in [2.05, 4.69) is 26.0 Å². The Morgan fingerprint density at radius 1 is 1.12 bits per heavy atom. The van der Waals surface area contributed by atoms with Crippen molar-refractivity contribution in [2.24, 2.45) is 28.6 Å². The number of hydrogen-bond donors (Lipinski definition) is 2. The van der Waals surface area contributed by atoms with E-state index in [1.165, 1.54) is 11.1 Å². The zero-order chi connectivity index (χ0) is 17.3. The van der Waals surface area contributed by atoms with E-state index in [9.17, 15) is 15.0 Å². The summed E-state index contributed by atoms with van der Waals surface area (Å²) in [5, 5.41) is 20.6. The average molecular weight is 330 g/mol. The van der Waals surface area contributed by atoms with E-state index in [0.29, 0.717) is 11.8 Å². The summed E-state index contributed by atoms with van der Waals surface area (Å²) in [5.41, 5.74) is 2.93. The number of carbonyl (C=O) groups excluding carboxylic acids is 1. The summed E-state index contributed by atoms with van der Waals surface area (Å²) < 4.78 is 0. The largest absolute Gasteiger partial charge is 0.393 e. The number of allylic oxidation sites excluding steroid dienone is 3. The first kappa shape index (κ1) is 16.5. The number of hydrogen-bond acceptors (Lipinski definition) is 3. The van der Waals surface area contributed by atoms with E-state index in [4.69, 9.17) is 0 Å². The zero-order valence-corrected chi connectivity index (χ0v) is 15.1. The minimum atomic E-state index is -0.497. The lowest BCUT2D eigenvalue weighted by Gasteiger charge is -2.54. The van der Waals surface area contributed by atoms with Gasteiger partial charge in [0.1, 0.15) is 5.78 Å². The molecular formula is C21H30O3. The highest BCUT2D eigenvalue weighted by atomic mass is 16.3. The Balaban J connectivity index is 1.74. The van der Waals surface area contributed by atoms with Crippen LogP contribution in [0, 0.1) is 28.6 Å². The van der Waals surface area contributed by atoms with Crippen molar-refractivity contribution in [3.8, 4) is 0 Å². The number of fused-ring (bicyclic) bond motifs is 5. The lowest BCUT2D eigenvalue weighted by molar-refractivity contribution is -0.128. The lowest BCUT2D eigenvalue weighted by Crippen LogP contribution is -2.47. The summed E-state index contributed by atoms with van der Waals surface area (Å²) in [6.45, 7) is 6.24. The van der Waals surface area contributed by atoms with Crippen LogP contribution in [0.25, 0.3) is 0 Å². The minimum Gasteiger partial charge on any atom is -0.393 e. The molecule has 4 aliphatic rings. The molecule has 2 N–H and O–H groups in total. The van der Waals surface area contributed by atoms with Crippen LogP contribution in [0.15, 0.2) is 23.3 Å². The van der Waals surface area contributed by atoms with Crippen molar-refractivity contribution < 1.29 is 15.0 Å². The van der Waals surface area contributed by atoms with E-state index in [1.54, 1.807) is 6.92 Å². The Kier molecular flexibility index (Phi) is 3.64.